The minimum absolute atomic E-state index is 0.0833. The number of nitrogens with zero attached hydrogens (tertiary/aromatic N) is 1. The molecular formula is C17H27N3O. The first-order valence-electron chi connectivity index (χ1n) is 7.89. The second kappa shape index (κ2) is 7.46. The van der Waals surface area contributed by atoms with E-state index in [1.54, 1.807) is 0 Å². The number of rotatable bonds is 7. The van der Waals surface area contributed by atoms with Gasteiger partial charge in [0.25, 0.3) is 0 Å². The lowest BCUT2D eigenvalue weighted by atomic mass is 9.85. The number of carbonyl (C=O) groups excluding carboxylic acids is 1. The molecule has 0 saturated heterocycles. The van der Waals surface area contributed by atoms with Crippen LogP contribution in [0.2, 0.25) is 0 Å². The highest BCUT2D eigenvalue weighted by molar-refractivity contribution is 5.91. The summed E-state index contributed by atoms with van der Waals surface area (Å²) in [5.74, 6) is 0.973. The fourth-order valence-electron chi connectivity index (χ4n) is 2.76. The van der Waals surface area contributed by atoms with Crippen molar-refractivity contribution in [1.29, 1.82) is 0 Å². The van der Waals surface area contributed by atoms with Gasteiger partial charge in [0.15, 0.2) is 0 Å². The Balaban J connectivity index is 1.67. The molecule has 1 aromatic carbocycles. The number of aryl methyl sites for hydroxylation is 1. The molecule has 4 heteroatoms. The Morgan fingerprint density at radius 3 is 2.81 bits per heavy atom. The lowest BCUT2D eigenvalue weighted by molar-refractivity contribution is -0.116. The fourth-order valence-corrected chi connectivity index (χ4v) is 2.76. The Bertz CT molecular complexity index is 483. The molecular weight excluding hydrogens is 262 g/mol. The van der Waals surface area contributed by atoms with E-state index < -0.39 is 0 Å². The third-order valence-corrected chi connectivity index (χ3v) is 4.26. The van der Waals surface area contributed by atoms with Gasteiger partial charge < -0.3 is 16.0 Å². The number of benzene rings is 1. The van der Waals surface area contributed by atoms with Gasteiger partial charge in [0.05, 0.1) is 0 Å². The Labute approximate surface area is 127 Å². The van der Waals surface area contributed by atoms with Gasteiger partial charge >= 0.3 is 0 Å². The highest BCUT2D eigenvalue weighted by Crippen LogP contribution is 2.26. The molecule has 0 aromatic heterocycles. The average Bonchev–Trinajstić information content (AvgIpc) is 2.37. The summed E-state index contributed by atoms with van der Waals surface area (Å²) < 4.78 is 0. The van der Waals surface area contributed by atoms with Crippen molar-refractivity contribution in [3.63, 3.8) is 0 Å². The Morgan fingerprint density at radius 2 is 2.19 bits per heavy atom. The predicted octanol–water partition coefficient (Wildman–Crippen LogP) is 3.03. The number of nitrogen functional groups attached to an aromatic ring is 1. The zero-order chi connectivity index (χ0) is 15.2. The minimum atomic E-state index is 0.0833. The van der Waals surface area contributed by atoms with E-state index in [1.165, 1.54) is 25.8 Å². The van der Waals surface area contributed by atoms with Gasteiger partial charge in [-0.15, -0.1) is 0 Å². The van der Waals surface area contributed by atoms with Gasteiger partial charge in [0.2, 0.25) is 5.91 Å². The summed E-state index contributed by atoms with van der Waals surface area (Å²) in [6.07, 6.45) is 5.62. The maximum atomic E-state index is 12.0. The van der Waals surface area contributed by atoms with Crippen LogP contribution in [0.3, 0.4) is 0 Å². The molecule has 0 bridgehead atoms. The Morgan fingerprint density at radius 1 is 1.43 bits per heavy atom. The summed E-state index contributed by atoms with van der Waals surface area (Å²) in [5, 5.41) is 2.96. The first-order chi connectivity index (χ1) is 10.0. The smallest absolute Gasteiger partial charge is 0.224 e. The van der Waals surface area contributed by atoms with Crippen molar-refractivity contribution in [1.82, 2.24) is 4.90 Å². The number of nitrogens with two attached hydrogens (primary N) is 1. The zero-order valence-corrected chi connectivity index (χ0v) is 13.2. The van der Waals surface area contributed by atoms with Gasteiger partial charge in [-0.05, 0) is 69.5 Å². The lowest BCUT2D eigenvalue weighted by Gasteiger charge is -2.30. The van der Waals surface area contributed by atoms with Gasteiger partial charge in [-0.25, -0.2) is 0 Å². The summed E-state index contributed by atoms with van der Waals surface area (Å²) in [5.41, 5.74) is 8.30. The molecule has 2 rings (SSSR count). The highest BCUT2D eigenvalue weighted by atomic mass is 16.1. The van der Waals surface area contributed by atoms with E-state index >= 15 is 0 Å². The Kier molecular flexibility index (Phi) is 5.62. The molecule has 21 heavy (non-hydrogen) atoms. The zero-order valence-electron chi connectivity index (χ0n) is 13.2. The normalized spacial score (nSPS) is 15.0. The Hall–Kier alpha value is -1.55. The molecule has 0 aliphatic heterocycles. The maximum Gasteiger partial charge on any atom is 0.224 e. The summed E-state index contributed by atoms with van der Waals surface area (Å²) in [4.78, 5) is 14.3. The van der Waals surface area contributed by atoms with Crippen LogP contribution in [-0.2, 0) is 4.79 Å². The molecule has 1 saturated carbocycles. The number of carbonyl (C=O) groups is 1. The van der Waals surface area contributed by atoms with Crippen molar-refractivity contribution >= 4 is 17.3 Å². The molecule has 1 fully saturated rings. The van der Waals surface area contributed by atoms with Crippen LogP contribution in [0.15, 0.2) is 18.2 Å². The van der Waals surface area contributed by atoms with Crippen LogP contribution in [0.25, 0.3) is 0 Å². The monoisotopic (exact) mass is 289 g/mol. The number of anilines is 2. The third kappa shape index (κ3) is 5.05. The second-order valence-electron chi connectivity index (χ2n) is 6.29. The van der Waals surface area contributed by atoms with Crippen molar-refractivity contribution < 1.29 is 4.79 Å². The van der Waals surface area contributed by atoms with E-state index in [9.17, 15) is 4.79 Å². The van der Waals surface area contributed by atoms with Crippen LogP contribution < -0.4 is 11.1 Å². The van der Waals surface area contributed by atoms with Crippen LogP contribution in [0.1, 0.15) is 37.7 Å². The van der Waals surface area contributed by atoms with Crippen LogP contribution in [0.5, 0.6) is 0 Å². The average molecular weight is 289 g/mol. The third-order valence-electron chi connectivity index (χ3n) is 4.26. The highest BCUT2D eigenvalue weighted by Gasteiger charge is 2.18. The molecule has 1 amide bonds. The number of amides is 1. The van der Waals surface area contributed by atoms with Crippen LogP contribution in [0.4, 0.5) is 11.4 Å². The number of hydrogen-bond donors (Lipinski definition) is 2. The van der Waals surface area contributed by atoms with Crippen LogP contribution in [0, 0.1) is 12.8 Å². The summed E-state index contributed by atoms with van der Waals surface area (Å²) >= 11 is 0. The van der Waals surface area contributed by atoms with Crippen molar-refractivity contribution in [3.8, 4) is 0 Å². The van der Waals surface area contributed by atoms with E-state index in [0.29, 0.717) is 6.42 Å². The van der Waals surface area contributed by atoms with E-state index in [1.807, 2.05) is 25.1 Å². The molecule has 0 spiro atoms. The summed E-state index contributed by atoms with van der Waals surface area (Å²) in [6.45, 7) is 4.13. The lowest BCUT2D eigenvalue weighted by Crippen LogP contribution is -2.30. The number of hydrogen-bond acceptors (Lipinski definition) is 3. The van der Waals surface area contributed by atoms with Crippen LogP contribution >= 0.6 is 0 Å². The first kappa shape index (κ1) is 15.8. The molecule has 1 aliphatic rings. The predicted molar refractivity (Wildman–Crippen MR) is 88.3 cm³/mol. The van der Waals surface area contributed by atoms with Gasteiger partial charge in [0, 0.05) is 24.3 Å². The molecule has 0 atom stereocenters. The second-order valence-corrected chi connectivity index (χ2v) is 6.29. The minimum Gasteiger partial charge on any atom is -0.399 e. The molecule has 0 unspecified atom stereocenters. The molecule has 3 N–H and O–H groups in total. The maximum absolute atomic E-state index is 12.0. The van der Waals surface area contributed by atoms with Crippen molar-refractivity contribution in [2.24, 2.45) is 5.92 Å². The molecule has 4 nitrogen and oxygen atoms in total. The van der Waals surface area contributed by atoms with Crippen molar-refractivity contribution in [2.75, 3.05) is 31.2 Å². The number of nitrogens with one attached hydrogen (secondary N) is 1. The van der Waals surface area contributed by atoms with Crippen LogP contribution in [-0.4, -0.2) is 30.9 Å². The largest absolute Gasteiger partial charge is 0.399 e. The van der Waals surface area contributed by atoms with E-state index in [4.69, 9.17) is 5.73 Å². The fraction of sp³-hybridized carbons (Fsp3) is 0.588. The quantitative estimate of drug-likeness (QED) is 0.759. The molecule has 0 radical (unpaired) electrons. The first-order valence-corrected chi connectivity index (χ1v) is 7.89. The van der Waals surface area contributed by atoms with Crippen molar-refractivity contribution in [2.45, 2.75) is 39.0 Å². The molecule has 1 aliphatic carbocycles. The van der Waals surface area contributed by atoms with Gasteiger partial charge in [-0.2, -0.15) is 0 Å². The standard InChI is InChI=1S/C17H27N3O/c1-13-11-15(18)8-9-16(13)19-17(21)7-4-10-20(2)12-14-5-3-6-14/h8-9,11,14H,3-7,10,12,18H2,1-2H3,(H,19,21). The SMILES string of the molecule is Cc1cc(N)ccc1NC(=O)CCCN(C)CC1CCC1. The van der Waals surface area contributed by atoms with Gasteiger partial charge in [-0.1, -0.05) is 6.42 Å². The molecule has 116 valence electrons. The topological polar surface area (TPSA) is 58.4 Å². The van der Waals surface area contributed by atoms with E-state index in [0.717, 1.165) is 35.8 Å². The molecule has 0 heterocycles. The van der Waals surface area contributed by atoms with E-state index in [2.05, 4.69) is 17.3 Å². The van der Waals surface area contributed by atoms with E-state index in [-0.39, 0.29) is 5.91 Å². The summed E-state index contributed by atoms with van der Waals surface area (Å²) in [6, 6.07) is 5.56. The summed E-state index contributed by atoms with van der Waals surface area (Å²) in [7, 11) is 2.15. The molecule has 1 aromatic rings. The van der Waals surface area contributed by atoms with Crippen molar-refractivity contribution in [3.05, 3.63) is 23.8 Å². The van der Waals surface area contributed by atoms with Gasteiger partial charge in [0.1, 0.15) is 0 Å². The van der Waals surface area contributed by atoms with Gasteiger partial charge in [-0.3, -0.25) is 4.79 Å².